The van der Waals surface area contributed by atoms with Crippen molar-refractivity contribution in [3.8, 4) is 5.75 Å². The predicted molar refractivity (Wildman–Crippen MR) is 141 cm³/mol. The first-order chi connectivity index (χ1) is 18.1. The van der Waals surface area contributed by atoms with E-state index in [0.717, 1.165) is 43.0 Å². The van der Waals surface area contributed by atoms with E-state index in [9.17, 15) is 18.7 Å². The minimum Gasteiger partial charge on any atom is -0.508 e. The largest absolute Gasteiger partial charge is 0.508 e. The van der Waals surface area contributed by atoms with Crippen molar-refractivity contribution in [1.82, 2.24) is 25.0 Å². The molecule has 2 N–H and O–H groups in total. The van der Waals surface area contributed by atoms with Crippen LogP contribution >= 0.6 is 0 Å². The summed E-state index contributed by atoms with van der Waals surface area (Å²) >= 11 is 0. The van der Waals surface area contributed by atoms with Crippen LogP contribution in [0.1, 0.15) is 107 Å². The zero-order valence-electron chi connectivity index (χ0n) is 22.7. The maximum Gasteiger partial charge on any atom is 0.248 e. The summed E-state index contributed by atoms with van der Waals surface area (Å²) in [5.41, 5.74) is 0.932. The van der Waals surface area contributed by atoms with E-state index in [-0.39, 0.29) is 49.3 Å². The number of phenolic OH excluding ortho intramolecular Hbond substituents is 1. The zero-order valence-corrected chi connectivity index (χ0v) is 22.7. The normalized spacial score (nSPS) is 26.5. The average Bonchev–Trinajstić information content (AvgIpc) is 3.37. The Morgan fingerprint density at radius 1 is 1.05 bits per heavy atom. The third-order valence-electron chi connectivity index (χ3n) is 9.01. The second-order valence-corrected chi connectivity index (χ2v) is 11.9. The minimum absolute atomic E-state index is 0.135. The maximum absolute atomic E-state index is 13.6. The van der Waals surface area contributed by atoms with Crippen LogP contribution in [0.25, 0.3) is 0 Å². The van der Waals surface area contributed by atoms with Gasteiger partial charge in [0.1, 0.15) is 17.4 Å². The lowest BCUT2D eigenvalue weighted by Gasteiger charge is -2.40. The van der Waals surface area contributed by atoms with E-state index in [4.69, 9.17) is 0 Å². The Balaban J connectivity index is 1.25. The van der Waals surface area contributed by atoms with Gasteiger partial charge in [0.25, 0.3) is 0 Å². The molecule has 1 saturated carbocycles. The lowest BCUT2D eigenvalue weighted by atomic mass is 9.86. The number of benzene rings is 1. The molecule has 2 bridgehead atoms. The Labute approximate surface area is 224 Å². The minimum atomic E-state index is -2.65. The van der Waals surface area contributed by atoms with Gasteiger partial charge in [0, 0.05) is 49.3 Å². The van der Waals surface area contributed by atoms with E-state index in [1.807, 2.05) is 19.1 Å². The number of hydrogen-bond acceptors (Lipinski definition) is 5. The number of carbonyl (C=O) groups excluding carboxylic acids is 1. The Morgan fingerprint density at radius 2 is 1.68 bits per heavy atom. The van der Waals surface area contributed by atoms with Gasteiger partial charge in [-0.05, 0) is 69.6 Å². The van der Waals surface area contributed by atoms with E-state index in [1.54, 1.807) is 12.1 Å². The summed E-state index contributed by atoms with van der Waals surface area (Å²) in [6.07, 6.45) is 5.22. The smallest absolute Gasteiger partial charge is 0.248 e. The number of nitrogens with one attached hydrogen (secondary N) is 1. The van der Waals surface area contributed by atoms with Gasteiger partial charge >= 0.3 is 0 Å². The van der Waals surface area contributed by atoms with Gasteiger partial charge in [0.2, 0.25) is 11.8 Å². The quantitative estimate of drug-likeness (QED) is 0.461. The van der Waals surface area contributed by atoms with E-state index in [1.165, 1.54) is 12.8 Å². The molecule has 1 aromatic heterocycles. The molecule has 3 aliphatic rings. The van der Waals surface area contributed by atoms with Gasteiger partial charge in [-0.15, -0.1) is 10.2 Å². The summed E-state index contributed by atoms with van der Waals surface area (Å²) in [6, 6.07) is 8.12. The number of aromatic nitrogens is 3. The van der Waals surface area contributed by atoms with Gasteiger partial charge in [0.05, 0.1) is 6.04 Å². The lowest BCUT2D eigenvalue weighted by Crippen LogP contribution is -2.45. The maximum atomic E-state index is 13.6. The molecule has 1 aliphatic carbocycles. The molecule has 2 aliphatic heterocycles. The number of phenols is 1. The number of fused-ring (bicyclic) bond motifs is 2. The zero-order chi connectivity index (χ0) is 27.0. The van der Waals surface area contributed by atoms with Crippen LogP contribution < -0.4 is 5.32 Å². The van der Waals surface area contributed by atoms with E-state index in [0.29, 0.717) is 24.0 Å². The summed E-state index contributed by atoms with van der Waals surface area (Å²) in [5.74, 6) is -0.596. The SMILES string of the molecule is Cc1nnc(C(C)C)n1C1CC2CCC(C1)N2CCC(NC(=O)C1CCC(F)(F)CC1)c1ccc(O)cc1. The van der Waals surface area contributed by atoms with Gasteiger partial charge in [-0.1, -0.05) is 26.0 Å². The average molecular weight is 530 g/mol. The number of aromatic hydroxyl groups is 1. The first kappa shape index (κ1) is 27.0. The van der Waals surface area contributed by atoms with E-state index in [2.05, 4.69) is 38.8 Å². The number of nitrogens with zero attached hydrogens (tertiary/aromatic N) is 4. The predicted octanol–water partition coefficient (Wildman–Crippen LogP) is 5.66. The Hall–Kier alpha value is -2.55. The first-order valence-corrected chi connectivity index (χ1v) is 14.3. The highest BCUT2D eigenvalue weighted by molar-refractivity contribution is 5.79. The molecule has 2 saturated heterocycles. The molecule has 5 rings (SSSR count). The number of carbonyl (C=O) groups is 1. The molecule has 0 spiro atoms. The summed E-state index contributed by atoms with van der Waals surface area (Å²) in [4.78, 5) is 15.7. The van der Waals surface area contributed by atoms with Gasteiger partial charge in [-0.25, -0.2) is 8.78 Å². The fourth-order valence-electron chi connectivity index (χ4n) is 6.95. The molecule has 1 aromatic carbocycles. The van der Waals surface area contributed by atoms with Crippen molar-refractivity contribution in [1.29, 1.82) is 0 Å². The fourth-order valence-corrected chi connectivity index (χ4v) is 6.95. The van der Waals surface area contributed by atoms with Crippen molar-refractivity contribution in [2.45, 2.75) is 115 Å². The topological polar surface area (TPSA) is 83.3 Å². The number of amides is 1. The summed E-state index contributed by atoms with van der Waals surface area (Å²) in [5, 5.41) is 21.8. The first-order valence-electron chi connectivity index (χ1n) is 14.3. The van der Waals surface area contributed by atoms with Crippen molar-refractivity contribution >= 4 is 5.91 Å². The van der Waals surface area contributed by atoms with Crippen LogP contribution in [0.4, 0.5) is 8.78 Å². The van der Waals surface area contributed by atoms with Crippen LogP contribution in [-0.2, 0) is 4.79 Å². The van der Waals surface area contributed by atoms with Crippen molar-refractivity contribution in [3.05, 3.63) is 41.5 Å². The Morgan fingerprint density at radius 3 is 2.29 bits per heavy atom. The standard InChI is InChI=1S/C29H41F2N5O2/c1-18(2)27-34-33-19(3)36(27)24-16-22-6-7-23(17-24)35(22)15-12-26(20-4-8-25(37)9-5-20)32-28(38)21-10-13-29(30,31)14-11-21/h4-5,8-9,18,21-24,26,37H,6-7,10-17H2,1-3H3,(H,32,38). The Bertz CT molecular complexity index is 1090. The van der Waals surface area contributed by atoms with Crippen LogP contribution in [0, 0.1) is 12.8 Å². The molecule has 3 heterocycles. The Kier molecular flexibility index (Phi) is 7.76. The van der Waals surface area contributed by atoms with Gasteiger partial charge in [-0.3, -0.25) is 9.69 Å². The van der Waals surface area contributed by atoms with Crippen molar-refractivity contribution < 1.29 is 18.7 Å². The molecule has 7 nitrogen and oxygen atoms in total. The van der Waals surface area contributed by atoms with Crippen molar-refractivity contribution in [2.24, 2.45) is 5.92 Å². The molecule has 3 unspecified atom stereocenters. The molecule has 3 fully saturated rings. The number of aryl methyl sites for hydroxylation is 1. The molecular formula is C29H41F2N5O2. The van der Waals surface area contributed by atoms with Crippen LogP contribution in [0.2, 0.25) is 0 Å². The highest BCUT2D eigenvalue weighted by Gasteiger charge is 2.42. The van der Waals surface area contributed by atoms with Gasteiger partial charge in [0.15, 0.2) is 0 Å². The third-order valence-corrected chi connectivity index (χ3v) is 9.01. The van der Waals surface area contributed by atoms with Crippen molar-refractivity contribution in [2.75, 3.05) is 6.54 Å². The number of halogens is 2. The number of rotatable bonds is 8. The molecule has 3 atom stereocenters. The van der Waals surface area contributed by atoms with Crippen LogP contribution in [0.5, 0.6) is 5.75 Å². The van der Waals surface area contributed by atoms with E-state index >= 15 is 0 Å². The monoisotopic (exact) mass is 529 g/mol. The number of piperidine rings is 1. The number of alkyl halides is 2. The fraction of sp³-hybridized carbons (Fsp3) is 0.690. The molecule has 9 heteroatoms. The van der Waals surface area contributed by atoms with Crippen LogP contribution in [0.15, 0.2) is 24.3 Å². The highest BCUT2D eigenvalue weighted by atomic mass is 19.3. The summed E-state index contributed by atoms with van der Waals surface area (Å²) in [6.45, 7) is 7.24. The van der Waals surface area contributed by atoms with Gasteiger partial charge < -0.3 is 15.0 Å². The second-order valence-electron chi connectivity index (χ2n) is 11.9. The van der Waals surface area contributed by atoms with Crippen LogP contribution in [-0.4, -0.2) is 55.2 Å². The lowest BCUT2D eigenvalue weighted by molar-refractivity contribution is -0.130. The summed E-state index contributed by atoms with van der Waals surface area (Å²) in [7, 11) is 0. The number of hydrogen-bond donors (Lipinski definition) is 2. The van der Waals surface area contributed by atoms with E-state index < -0.39 is 5.92 Å². The van der Waals surface area contributed by atoms with Gasteiger partial charge in [-0.2, -0.15) is 0 Å². The molecule has 38 heavy (non-hydrogen) atoms. The highest BCUT2D eigenvalue weighted by Crippen LogP contribution is 2.42. The molecule has 208 valence electrons. The van der Waals surface area contributed by atoms with Crippen molar-refractivity contribution in [3.63, 3.8) is 0 Å². The van der Waals surface area contributed by atoms with Crippen LogP contribution in [0.3, 0.4) is 0 Å². The summed E-state index contributed by atoms with van der Waals surface area (Å²) < 4.78 is 29.6. The molecule has 0 radical (unpaired) electrons. The second kappa shape index (κ2) is 10.9. The molecule has 2 aromatic rings. The molecule has 1 amide bonds. The molecular weight excluding hydrogens is 488 g/mol. The third kappa shape index (κ3) is 5.72.